The topological polar surface area (TPSA) is 20.2 Å². The molecule has 0 aliphatic heterocycles. The molecule has 5 heteroatoms. The summed E-state index contributed by atoms with van der Waals surface area (Å²) in [5, 5.41) is 10.7. The molecule has 1 unspecified atom stereocenters. The van der Waals surface area contributed by atoms with Crippen molar-refractivity contribution < 1.29 is 13.9 Å². The fourth-order valence-corrected chi connectivity index (χ4v) is 2.60. The molecule has 0 heterocycles. The van der Waals surface area contributed by atoms with Crippen molar-refractivity contribution in [3.63, 3.8) is 0 Å². The third-order valence-electron chi connectivity index (χ3n) is 3.20. The molecule has 0 bridgehead atoms. The van der Waals surface area contributed by atoms with E-state index in [1.165, 1.54) is 12.1 Å². The lowest BCUT2D eigenvalue weighted by Crippen LogP contribution is -2.08. The van der Waals surface area contributed by atoms with E-state index in [2.05, 4.69) is 15.9 Å². The van der Waals surface area contributed by atoms with E-state index in [-0.39, 0.29) is 16.5 Å². The van der Waals surface area contributed by atoms with Gasteiger partial charge in [0.05, 0.1) is 10.6 Å². The number of hydrogen-bond donors (Lipinski definition) is 1. The molecule has 2 aromatic carbocycles. The van der Waals surface area contributed by atoms with Crippen molar-refractivity contribution in [2.75, 3.05) is 0 Å². The predicted octanol–water partition coefficient (Wildman–Crippen LogP) is 4.97. The zero-order valence-corrected chi connectivity index (χ0v) is 13.0. The van der Waals surface area contributed by atoms with Gasteiger partial charge in [0.1, 0.15) is 11.6 Å². The van der Waals surface area contributed by atoms with Crippen LogP contribution in [-0.4, -0.2) is 5.11 Å². The summed E-state index contributed by atoms with van der Waals surface area (Å²) in [6.07, 6.45) is -1.18. The second-order valence-electron chi connectivity index (χ2n) is 4.50. The van der Waals surface area contributed by atoms with Gasteiger partial charge in [0.25, 0.3) is 0 Å². The molecular weight excluding hydrogens is 350 g/mol. The van der Waals surface area contributed by atoms with E-state index in [1.807, 2.05) is 0 Å². The van der Waals surface area contributed by atoms with Crippen molar-refractivity contribution in [3.8, 4) is 0 Å². The molecule has 0 amide bonds. The van der Waals surface area contributed by atoms with Gasteiger partial charge in [-0.2, -0.15) is 0 Å². The van der Waals surface area contributed by atoms with Crippen LogP contribution in [0.25, 0.3) is 0 Å². The molecule has 1 nitrogen and oxygen atoms in total. The summed E-state index contributed by atoms with van der Waals surface area (Å²) < 4.78 is 27.8. The number of hydrogen-bond acceptors (Lipinski definition) is 1. The summed E-state index contributed by atoms with van der Waals surface area (Å²) >= 11 is 8.99. The van der Waals surface area contributed by atoms with Crippen LogP contribution in [0.5, 0.6) is 0 Å². The summed E-state index contributed by atoms with van der Waals surface area (Å²) in [5.41, 5.74) is 1.13. The van der Waals surface area contributed by atoms with Crippen molar-refractivity contribution in [1.82, 2.24) is 0 Å². The zero-order chi connectivity index (χ0) is 14.9. The second-order valence-corrected chi connectivity index (χ2v) is 5.76. The van der Waals surface area contributed by atoms with Gasteiger partial charge in [0, 0.05) is 17.0 Å². The van der Waals surface area contributed by atoms with Gasteiger partial charge in [-0.15, -0.1) is 0 Å². The van der Waals surface area contributed by atoms with Crippen molar-refractivity contribution >= 4 is 27.5 Å². The summed E-state index contributed by atoms with van der Waals surface area (Å²) in [6, 6.07) is 7.56. The van der Waals surface area contributed by atoms with Gasteiger partial charge < -0.3 is 5.11 Å². The van der Waals surface area contributed by atoms with Crippen molar-refractivity contribution in [2.24, 2.45) is 0 Å². The standard InChI is InChI=1S/C15H12BrClF2O/c1-8-9(3-2-4-12(8)17)14(20)7-10-13(18)6-5-11(16)15(10)19/h2-6,14,20H,7H2,1H3. The first-order chi connectivity index (χ1) is 9.41. The van der Waals surface area contributed by atoms with Gasteiger partial charge in [-0.05, 0) is 52.2 Å². The summed E-state index contributed by atoms with van der Waals surface area (Å²) in [5.74, 6) is -1.37. The third-order valence-corrected chi connectivity index (χ3v) is 4.23. The molecule has 0 saturated heterocycles. The molecule has 0 aliphatic carbocycles. The average molecular weight is 362 g/mol. The summed E-state index contributed by atoms with van der Waals surface area (Å²) in [7, 11) is 0. The van der Waals surface area contributed by atoms with Crippen LogP contribution in [0, 0.1) is 18.6 Å². The number of rotatable bonds is 3. The number of halogens is 4. The lowest BCUT2D eigenvalue weighted by atomic mass is 9.97. The Bertz CT molecular complexity index is 646. The van der Waals surface area contributed by atoms with Crippen molar-refractivity contribution in [3.05, 3.63) is 68.2 Å². The molecule has 0 spiro atoms. The Morgan fingerprint density at radius 2 is 1.95 bits per heavy atom. The van der Waals surface area contributed by atoms with E-state index >= 15 is 0 Å². The van der Waals surface area contributed by atoms with Crippen LogP contribution in [0.1, 0.15) is 22.8 Å². The van der Waals surface area contributed by atoms with Crippen LogP contribution >= 0.6 is 27.5 Å². The monoisotopic (exact) mass is 360 g/mol. The first kappa shape index (κ1) is 15.4. The van der Waals surface area contributed by atoms with Crippen molar-refractivity contribution in [1.29, 1.82) is 0 Å². The van der Waals surface area contributed by atoms with Gasteiger partial charge >= 0.3 is 0 Å². The predicted molar refractivity (Wildman–Crippen MR) is 78.9 cm³/mol. The van der Waals surface area contributed by atoms with Crippen LogP contribution in [0.4, 0.5) is 8.78 Å². The van der Waals surface area contributed by atoms with Gasteiger partial charge in [-0.1, -0.05) is 23.7 Å². The number of aliphatic hydroxyl groups excluding tert-OH is 1. The first-order valence-electron chi connectivity index (χ1n) is 5.97. The van der Waals surface area contributed by atoms with Gasteiger partial charge in [-0.3, -0.25) is 0 Å². The minimum atomic E-state index is -1.02. The minimum Gasteiger partial charge on any atom is -0.388 e. The Hall–Kier alpha value is -0.970. The van der Waals surface area contributed by atoms with Gasteiger partial charge in [0.15, 0.2) is 0 Å². The highest BCUT2D eigenvalue weighted by atomic mass is 79.9. The Balaban J connectivity index is 2.35. The molecule has 106 valence electrons. The van der Waals surface area contributed by atoms with Gasteiger partial charge in [0.2, 0.25) is 0 Å². The van der Waals surface area contributed by atoms with E-state index < -0.39 is 17.7 Å². The fraction of sp³-hybridized carbons (Fsp3) is 0.200. The molecule has 2 aromatic rings. The third kappa shape index (κ3) is 3.03. The van der Waals surface area contributed by atoms with Crippen molar-refractivity contribution in [2.45, 2.75) is 19.4 Å². The Morgan fingerprint density at radius 1 is 1.25 bits per heavy atom. The van der Waals surface area contributed by atoms with Crippen LogP contribution in [0.15, 0.2) is 34.8 Å². The normalized spacial score (nSPS) is 12.5. The molecule has 0 fully saturated rings. The highest BCUT2D eigenvalue weighted by Gasteiger charge is 2.19. The minimum absolute atomic E-state index is 0.147. The van der Waals surface area contributed by atoms with Crippen LogP contribution in [0.2, 0.25) is 5.02 Å². The maximum atomic E-state index is 13.9. The second kappa shape index (κ2) is 6.20. The molecule has 1 N–H and O–H groups in total. The quantitative estimate of drug-likeness (QED) is 0.766. The van der Waals surface area contributed by atoms with E-state index in [9.17, 15) is 13.9 Å². The first-order valence-corrected chi connectivity index (χ1v) is 7.14. The maximum absolute atomic E-state index is 13.9. The molecule has 0 aliphatic rings. The zero-order valence-electron chi connectivity index (χ0n) is 10.6. The highest BCUT2D eigenvalue weighted by molar-refractivity contribution is 9.10. The number of aliphatic hydroxyl groups is 1. The summed E-state index contributed by atoms with van der Waals surface area (Å²) in [6.45, 7) is 1.76. The molecule has 1 atom stereocenters. The Kier molecular flexibility index (Phi) is 4.78. The lowest BCUT2D eigenvalue weighted by molar-refractivity contribution is 0.175. The van der Waals surface area contributed by atoms with E-state index in [0.717, 1.165) is 0 Å². The molecule has 0 aromatic heterocycles. The van der Waals surface area contributed by atoms with Crippen LogP contribution in [0.3, 0.4) is 0 Å². The molecule has 20 heavy (non-hydrogen) atoms. The van der Waals surface area contributed by atoms with Gasteiger partial charge in [-0.25, -0.2) is 8.78 Å². The SMILES string of the molecule is Cc1c(Cl)cccc1C(O)Cc1c(F)ccc(Br)c1F. The maximum Gasteiger partial charge on any atom is 0.143 e. The molecule has 0 radical (unpaired) electrons. The Morgan fingerprint density at radius 3 is 2.65 bits per heavy atom. The largest absolute Gasteiger partial charge is 0.388 e. The van der Waals surface area contributed by atoms with E-state index in [0.29, 0.717) is 16.1 Å². The van der Waals surface area contributed by atoms with E-state index in [4.69, 9.17) is 11.6 Å². The highest BCUT2D eigenvalue weighted by Crippen LogP contribution is 2.29. The molecular formula is C15H12BrClF2O. The fourth-order valence-electron chi connectivity index (χ4n) is 2.04. The average Bonchev–Trinajstić information content (AvgIpc) is 2.42. The molecule has 2 rings (SSSR count). The number of benzene rings is 2. The molecule has 0 saturated carbocycles. The smallest absolute Gasteiger partial charge is 0.143 e. The van der Waals surface area contributed by atoms with Crippen LogP contribution in [-0.2, 0) is 6.42 Å². The van der Waals surface area contributed by atoms with E-state index in [1.54, 1.807) is 25.1 Å². The Labute approximate surface area is 129 Å². The van der Waals surface area contributed by atoms with Crippen LogP contribution < -0.4 is 0 Å². The lowest BCUT2D eigenvalue weighted by Gasteiger charge is -2.16. The summed E-state index contributed by atoms with van der Waals surface area (Å²) in [4.78, 5) is 0.